The molecule has 114 valence electrons. The van der Waals surface area contributed by atoms with Gasteiger partial charge in [-0.3, -0.25) is 4.68 Å². The van der Waals surface area contributed by atoms with E-state index in [9.17, 15) is 5.11 Å². The minimum absolute atomic E-state index is 0.0408. The molecule has 0 fully saturated rings. The Hall–Kier alpha value is -2.48. The number of aryl methyl sites for hydroxylation is 1. The van der Waals surface area contributed by atoms with Crippen molar-refractivity contribution in [2.24, 2.45) is 0 Å². The molecule has 3 aromatic heterocycles. The van der Waals surface area contributed by atoms with Gasteiger partial charge in [-0.15, -0.1) is 0 Å². The van der Waals surface area contributed by atoms with E-state index in [2.05, 4.69) is 25.0 Å². The fraction of sp³-hybridized carbons (Fsp3) is 0.429. The molecule has 0 amide bonds. The second-order valence-electron chi connectivity index (χ2n) is 5.24. The van der Waals surface area contributed by atoms with Gasteiger partial charge < -0.3 is 14.4 Å². The molecule has 0 aromatic carbocycles. The quantitative estimate of drug-likeness (QED) is 0.767. The molecule has 1 aliphatic rings. The van der Waals surface area contributed by atoms with Crippen LogP contribution in [0, 0.1) is 0 Å². The van der Waals surface area contributed by atoms with Crippen molar-refractivity contribution in [3.63, 3.8) is 0 Å². The molecule has 0 aliphatic carbocycles. The number of rotatable bonds is 3. The number of anilines is 1. The molecule has 8 nitrogen and oxygen atoms in total. The van der Waals surface area contributed by atoms with Gasteiger partial charge in [-0.2, -0.15) is 10.1 Å². The molecule has 4 heterocycles. The second kappa shape index (κ2) is 5.06. The first-order valence-electron chi connectivity index (χ1n) is 7.30. The van der Waals surface area contributed by atoms with Gasteiger partial charge in [0.25, 0.3) is 5.71 Å². The number of aliphatic hydroxyl groups is 1. The Balaban J connectivity index is 1.72. The van der Waals surface area contributed by atoms with Crippen molar-refractivity contribution in [3.05, 3.63) is 29.7 Å². The van der Waals surface area contributed by atoms with Gasteiger partial charge in [-0.05, 0) is 6.07 Å². The Labute approximate surface area is 126 Å². The van der Waals surface area contributed by atoms with Gasteiger partial charge >= 0.3 is 0 Å². The number of aromatic nitrogens is 5. The van der Waals surface area contributed by atoms with E-state index < -0.39 is 0 Å². The SMILES string of the molecule is CCc1nc2c(N3CCn4nc(CO)cc4C3)ncnc2o1. The summed E-state index contributed by atoms with van der Waals surface area (Å²) in [6.07, 6.45) is 2.23. The Morgan fingerprint density at radius 2 is 2.23 bits per heavy atom. The van der Waals surface area contributed by atoms with E-state index in [1.54, 1.807) is 0 Å². The first-order chi connectivity index (χ1) is 10.8. The van der Waals surface area contributed by atoms with Crippen molar-refractivity contribution >= 4 is 17.0 Å². The van der Waals surface area contributed by atoms with Crippen molar-refractivity contribution in [2.75, 3.05) is 11.4 Å². The van der Waals surface area contributed by atoms with Crippen molar-refractivity contribution in [1.82, 2.24) is 24.7 Å². The molecule has 0 radical (unpaired) electrons. The Morgan fingerprint density at radius 1 is 1.32 bits per heavy atom. The fourth-order valence-corrected chi connectivity index (χ4v) is 2.75. The maximum atomic E-state index is 9.21. The first kappa shape index (κ1) is 13.2. The van der Waals surface area contributed by atoms with E-state index in [-0.39, 0.29) is 6.61 Å². The van der Waals surface area contributed by atoms with Gasteiger partial charge in [0.2, 0.25) is 0 Å². The van der Waals surface area contributed by atoms with Gasteiger partial charge in [-0.25, -0.2) is 9.97 Å². The van der Waals surface area contributed by atoms with Gasteiger partial charge in [0.15, 0.2) is 17.2 Å². The molecule has 0 unspecified atom stereocenters. The molecule has 0 bridgehead atoms. The highest BCUT2D eigenvalue weighted by Gasteiger charge is 2.23. The molecule has 0 atom stereocenters. The Kier molecular flexibility index (Phi) is 3.04. The largest absolute Gasteiger partial charge is 0.422 e. The lowest BCUT2D eigenvalue weighted by Gasteiger charge is -2.28. The summed E-state index contributed by atoms with van der Waals surface area (Å²) < 4.78 is 7.53. The molecule has 4 rings (SSSR count). The van der Waals surface area contributed by atoms with Gasteiger partial charge in [0.1, 0.15) is 6.33 Å². The molecular formula is C14H16N6O2. The molecule has 8 heteroatoms. The van der Waals surface area contributed by atoms with Crippen LogP contribution >= 0.6 is 0 Å². The van der Waals surface area contributed by atoms with Crippen LogP contribution in [-0.4, -0.2) is 36.4 Å². The van der Waals surface area contributed by atoms with Gasteiger partial charge in [0.05, 0.1) is 31.1 Å². The minimum Gasteiger partial charge on any atom is -0.422 e. The van der Waals surface area contributed by atoms with E-state index in [0.717, 1.165) is 31.0 Å². The summed E-state index contributed by atoms with van der Waals surface area (Å²) in [7, 11) is 0. The Bertz CT molecular complexity index is 824. The highest BCUT2D eigenvalue weighted by atomic mass is 16.4. The van der Waals surface area contributed by atoms with E-state index >= 15 is 0 Å². The first-order valence-corrected chi connectivity index (χ1v) is 7.30. The van der Waals surface area contributed by atoms with Crippen molar-refractivity contribution in [1.29, 1.82) is 0 Å². The zero-order valence-corrected chi connectivity index (χ0v) is 12.2. The predicted octanol–water partition coefficient (Wildman–Crippen LogP) is 0.889. The van der Waals surface area contributed by atoms with Crippen LogP contribution in [-0.2, 0) is 26.1 Å². The average molecular weight is 300 g/mol. The summed E-state index contributed by atoms with van der Waals surface area (Å²) in [6.45, 7) is 4.15. The number of oxazole rings is 1. The van der Waals surface area contributed by atoms with Crippen molar-refractivity contribution in [3.8, 4) is 0 Å². The highest BCUT2D eigenvalue weighted by Crippen LogP contribution is 2.26. The molecule has 3 aromatic rings. The number of hydrogen-bond acceptors (Lipinski definition) is 7. The topological polar surface area (TPSA) is 93.1 Å². The smallest absolute Gasteiger partial charge is 0.252 e. The van der Waals surface area contributed by atoms with Crippen LogP contribution in [0.2, 0.25) is 0 Å². The van der Waals surface area contributed by atoms with Crippen LogP contribution in [0.15, 0.2) is 16.8 Å². The standard InChI is InChI=1S/C14H16N6O2/c1-2-11-17-12-13(15-8-16-14(12)22-11)19-3-4-20-10(6-19)5-9(7-21)18-20/h5,8,21H,2-4,6-7H2,1H3. The number of hydrogen-bond donors (Lipinski definition) is 1. The third-order valence-electron chi connectivity index (χ3n) is 3.83. The summed E-state index contributed by atoms with van der Waals surface area (Å²) in [5.74, 6) is 1.45. The lowest BCUT2D eigenvalue weighted by atomic mass is 10.2. The molecule has 1 N–H and O–H groups in total. The second-order valence-corrected chi connectivity index (χ2v) is 5.24. The van der Waals surface area contributed by atoms with Crippen molar-refractivity contribution < 1.29 is 9.52 Å². The van der Waals surface area contributed by atoms with Crippen LogP contribution in [0.3, 0.4) is 0 Å². The van der Waals surface area contributed by atoms with Crippen LogP contribution in [0.1, 0.15) is 24.2 Å². The Morgan fingerprint density at radius 3 is 3.05 bits per heavy atom. The van der Waals surface area contributed by atoms with Gasteiger partial charge in [0, 0.05) is 13.0 Å². The molecule has 0 saturated heterocycles. The van der Waals surface area contributed by atoms with Crippen molar-refractivity contribution in [2.45, 2.75) is 33.0 Å². The summed E-state index contributed by atoms with van der Waals surface area (Å²) in [4.78, 5) is 15.2. The molecule has 22 heavy (non-hydrogen) atoms. The van der Waals surface area contributed by atoms with E-state index in [1.807, 2.05) is 17.7 Å². The lowest BCUT2D eigenvalue weighted by Crippen LogP contribution is -2.34. The molecule has 0 saturated carbocycles. The monoisotopic (exact) mass is 300 g/mol. The zero-order valence-electron chi connectivity index (χ0n) is 12.2. The number of nitrogens with zero attached hydrogens (tertiary/aromatic N) is 6. The molecule has 1 aliphatic heterocycles. The van der Waals surface area contributed by atoms with E-state index in [4.69, 9.17) is 4.42 Å². The predicted molar refractivity (Wildman–Crippen MR) is 78.2 cm³/mol. The summed E-state index contributed by atoms with van der Waals surface area (Å²) in [5, 5.41) is 13.6. The van der Waals surface area contributed by atoms with Crippen LogP contribution in [0.4, 0.5) is 5.82 Å². The number of aliphatic hydroxyl groups excluding tert-OH is 1. The van der Waals surface area contributed by atoms with E-state index in [1.165, 1.54) is 6.33 Å². The zero-order chi connectivity index (χ0) is 15.1. The third-order valence-corrected chi connectivity index (χ3v) is 3.83. The maximum absolute atomic E-state index is 9.21. The summed E-state index contributed by atoms with van der Waals surface area (Å²) in [6, 6.07) is 1.92. The fourth-order valence-electron chi connectivity index (χ4n) is 2.75. The average Bonchev–Trinajstić information content (AvgIpc) is 3.16. The molecule has 0 spiro atoms. The highest BCUT2D eigenvalue weighted by molar-refractivity contribution is 5.81. The molecular weight excluding hydrogens is 284 g/mol. The van der Waals surface area contributed by atoms with Crippen LogP contribution in [0.5, 0.6) is 0 Å². The minimum atomic E-state index is -0.0408. The normalized spacial score (nSPS) is 14.5. The lowest BCUT2D eigenvalue weighted by molar-refractivity contribution is 0.275. The summed E-state index contributed by atoms with van der Waals surface area (Å²) in [5.41, 5.74) is 2.98. The van der Waals surface area contributed by atoms with Gasteiger partial charge in [-0.1, -0.05) is 6.92 Å². The van der Waals surface area contributed by atoms with E-state index in [0.29, 0.717) is 29.4 Å². The third kappa shape index (κ3) is 2.03. The van der Waals surface area contributed by atoms with Crippen LogP contribution in [0.25, 0.3) is 11.2 Å². The summed E-state index contributed by atoms with van der Waals surface area (Å²) >= 11 is 0. The number of fused-ring (bicyclic) bond motifs is 2. The maximum Gasteiger partial charge on any atom is 0.252 e. The van der Waals surface area contributed by atoms with Crippen LogP contribution < -0.4 is 4.90 Å².